The molecule has 0 saturated heterocycles. The number of nitrogens with one attached hydrogen (secondary N) is 1. The van der Waals surface area contributed by atoms with Gasteiger partial charge in [0, 0.05) is 12.1 Å². The fourth-order valence-electron chi connectivity index (χ4n) is 3.34. The topological polar surface area (TPSA) is 85.4 Å². The van der Waals surface area contributed by atoms with E-state index in [4.69, 9.17) is 9.72 Å². The first-order valence-corrected chi connectivity index (χ1v) is 12.3. The highest BCUT2D eigenvalue weighted by Crippen LogP contribution is 2.30. The molecule has 164 valence electrons. The molecule has 4 aromatic rings. The van der Waals surface area contributed by atoms with Crippen LogP contribution in [0.2, 0.25) is 0 Å². The number of aromatic nitrogens is 1. The van der Waals surface area contributed by atoms with Crippen molar-refractivity contribution in [1.29, 1.82) is 0 Å². The normalized spacial score (nSPS) is 11.6. The van der Waals surface area contributed by atoms with E-state index >= 15 is 0 Å². The van der Waals surface area contributed by atoms with Crippen molar-refractivity contribution in [1.82, 2.24) is 9.71 Å². The monoisotopic (exact) mass is 466 g/mol. The van der Waals surface area contributed by atoms with Gasteiger partial charge in [0.25, 0.3) is 0 Å². The molecule has 0 saturated carbocycles. The molecule has 0 aliphatic rings. The Morgan fingerprint density at radius 3 is 2.59 bits per heavy atom. The van der Waals surface area contributed by atoms with Crippen molar-refractivity contribution in [2.24, 2.45) is 0 Å². The first-order chi connectivity index (χ1) is 15.4. The van der Waals surface area contributed by atoms with Crippen LogP contribution in [0, 0.1) is 6.92 Å². The van der Waals surface area contributed by atoms with Gasteiger partial charge in [-0.3, -0.25) is 0 Å². The zero-order chi connectivity index (χ0) is 22.7. The summed E-state index contributed by atoms with van der Waals surface area (Å²) in [6.45, 7) is 1.96. The van der Waals surface area contributed by atoms with Crippen LogP contribution in [-0.2, 0) is 21.2 Å². The number of fused-ring (bicyclic) bond motifs is 1. The molecule has 4 rings (SSSR count). The number of methoxy groups -OCH3 is 1. The summed E-state index contributed by atoms with van der Waals surface area (Å²) in [4.78, 5) is 16.6. The lowest BCUT2D eigenvalue weighted by atomic mass is 10.1. The molecule has 0 amide bonds. The number of carbonyl (C=O) groups is 1. The second-order valence-electron chi connectivity index (χ2n) is 7.30. The number of ether oxygens (including phenoxy) is 1. The first-order valence-electron chi connectivity index (χ1n) is 10.0. The predicted octanol–water partition coefficient (Wildman–Crippen LogP) is 4.58. The van der Waals surface area contributed by atoms with Gasteiger partial charge in [-0.15, -0.1) is 11.3 Å². The number of hydrogen-bond acceptors (Lipinski definition) is 6. The van der Waals surface area contributed by atoms with Crippen LogP contribution in [0.5, 0.6) is 0 Å². The van der Waals surface area contributed by atoms with Crippen LogP contribution in [0.25, 0.3) is 20.8 Å². The highest BCUT2D eigenvalue weighted by Gasteiger charge is 2.18. The lowest BCUT2D eigenvalue weighted by molar-refractivity contribution is 0.0599. The van der Waals surface area contributed by atoms with Gasteiger partial charge in [-0.05, 0) is 48.7 Å². The Morgan fingerprint density at radius 2 is 1.84 bits per heavy atom. The Balaban J connectivity index is 1.46. The highest BCUT2D eigenvalue weighted by molar-refractivity contribution is 7.89. The van der Waals surface area contributed by atoms with Crippen molar-refractivity contribution in [3.8, 4) is 10.6 Å². The highest BCUT2D eigenvalue weighted by atomic mass is 32.2. The van der Waals surface area contributed by atoms with E-state index < -0.39 is 16.0 Å². The fraction of sp³-hybridized carbons (Fsp3) is 0.167. The van der Waals surface area contributed by atoms with Gasteiger partial charge in [0.1, 0.15) is 5.01 Å². The van der Waals surface area contributed by atoms with Crippen molar-refractivity contribution < 1.29 is 17.9 Å². The lowest BCUT2D eigenvalue weighted by Crippen LogP contribution is -2.26. The molecule has 32 heavy (non-hydrogen) atoms. The maximum Gasteiger partial charge on any atom is 0.338 e. The molecule has 8 heteroatoms. The molecule has 0 unspecified atom stereocenters. The Bertz CT molecular complexity index is 1380. The summed E-state index contributed by atoms with van der Waals surface area (Å²) in [5.74, 6) is -0.564. The second-order valence-corrected chi connectivity index (χ2v) is 10.1. The molecule has 3 aromatic carbocycles. The minimum Gasteiger partial charge on any atom is -0.465 e. The summed E-state index contributed by atoms with van der Waals surface area (Å²) in [6.07, 6.45) is 0.517. The third kappa shape index (κ3) is 4.72. The second kappa shape index (κ2) is 9.20. The van der Waals surface area contributed by atoms with Crippen LogP contribution >= 0.6 is 11.3 Å². The molecule has 1 aromatic heterocycles. The lowest BCUT2D eigenvalue weighted by Gasteiger charge is -2.10. The molecule has 1 heterocycles. The predicted molar refractivity (Wildman–Crippen MR) is 126 cm³/mol. The SMILES string of the molecule is COC(=O)c1cc(S(=O)(=O)NCCc2ccc3sc(-c4ccccc4)nc3c2)ccc1C. The number of hydrogen-bond donors (Lipinski definition) is 1. The number of esters is 1. The van der Waals surface area contributed by atoms with Gasteiger partial charge in [-0.1, -0.05) is 42.5 Å². The van der Waals surface area contributed by atoms with Gasteiger partial charge in [0.15, 0.2) is 0 Å². The van der Waals surface area contributed by atoms with E-state index in [0.29, 0.717) is 12.0 Å². The van der Waals surface area contributed by atoms with E-state index in [2.05, 4.69) is 4.72 Å². The fourth-order valence-corrected chi connectivity index (χ4v) is 5.35. The molecule has 6 nitrogen and oxygen atoms in total. The van der Waals surface area contributed by atoms with E-state index in [1.807, 2.05) is 48.5 Å². The first kappa shape index (κ1) is 22.1. The zero-order valence-electron chi connectivity index (χ0n) is 17.7. The van der Waals surface area contributed by atoms with Crippen molar-refractivity contribution in [2.75, 3.05) is 13.7 Å². The molecule has 0 spiro atoms. The number of benzene rings is 3. The average molecular weight is 467 g/mol. The van der Waals surface area contributed by atoms with E-state index in [1.165, 1.54) is 19.2 Å². The van der Waals surface area contributed by atoms with Crippen LogP contribution in [0.1, 0.15) is 21.5 Å². The summed E-state index contributed by atoms with van der Waals surface area (Å²) >= 11 is 1.63. The maximum absolute atomic E-state index is 12.7. The van der Waals surface area contributed by atoms with Crippen molar-refractivity contribution in [3.63, 3.8) is 0 Å². The Labute approximate surface area is 190 Å². The molecule has 0 aliphatic carbocycles. The van der Waals surface area contributed by atoms with E-state index in [1.54, 1.807) is 24.3 Å². The molecule has 0 atom stereocenters. The van der Waals surface area contributed by atoms with Crippen LogP contribution in [0.4, 0.5) is 0 Å². The number of carbonyl (C=O) groups excluding carboxylic acids is 1. The number of thiazole rings is 1. The Kier molecular flexibility index (Phi) is 6.36. The van der Waals surface area contributed by atoms with Gasteiger partial charge in [-0.2, -0.15) is 0 Å². The summed E-state index contributed by atoms with van der Waals surface area (Å²) in [7, 11) is -2.49. The quantitative estimate of drug-likeness (QED) is 0.403. The van der Waals surface area contributed by atoms with E-state index in [0.717, 1.165) is 26.4 Å². The summed E-state index contributed by atoms with van der Waals surface area (Å²) in [5.41, 5.74) is 3.85. The van der Waals surface area contributed by atoms with Crippen LogP contribution < -0.4 is 4.72 Å². The van der Waals surface area contributed by atoms with Crippen molar-refractivity contribution in [3.05, 3.63) is 83.4 Å². The zero-order valence-corrected chi connectivity index (χ0v) is 19.3. The van der Waals surface area contributed by atoms with Crippen molar-refractivity contribution >= 4 is 37.5 Å². The molecule has 0 bridgehead atoms. The van der Waals surface area contributed by atoms with Crippen LogP contribution in [-0.4, -0.2) is 33.0 Å². The Hall–Kier alpha value is -3.07. The number of rotatable bonds is 7. The van der Waals surface area contributed by atoms with Gasteiger partial charge in [0.05, 0.1) is 27.8 Å². The average Bonchev–Trinajstić information content (AvgIpc) is 3.23. The van der Waals surface area contributed by atoms with E-state index in [9.17, 15) is 13.2 Å². The number of sulfonamides is 1. The Morgan fingerprint density at radius 1 is 1.06 bits per heavy atom. The third-order valence-electron chi connectivity index (χ3n) is 5.10. The number of aryl methyl sites for hydroxylation is 1. The molecular weight excluding hydrogens is 444 g/mol. The summed E-state index contributed by atoms with van der Waals surface area (Å²) < 4.78 is 33.8. The summed E-state index contributed by atoms with van der Waals surface area (Å²) in [6, 6.07) is 20.4. The molecular formula is C24H22N2O4S2. The van der Waals surface area contributed by atoms with Crippen LogP contribution in [0.3, 0.4) is 0 Å². The van der Waals surface area contributed by atoms with Gasteiger partial charge < -0.3 is 4.74 Å². The van der Waals surface area contributed by atoms with Gasteiger partial charge in [0.2, 0.25) is 10.0 Å². The number of nitrogens with zero attached hydrogens (tertiary/aromatic N) is 1. The van der Waals surface area contributed by atoms with Gasteiger partial charge >= 0.3 is 5.97 Å². The van der Waals surface area contributed by atoms with Crippen LogP contribution in [0.15, 0.2) is 71.6 Å². The summed E-state index contributed by atoms with van der Waals surface area (Å²) in [5, 5.41) is 0.958. The molecule has 1 N–H and O–H groups in total. The molecule has 0 fully saturated rings. The molecule has 0 radical (unpaired) electrons. The largest absolute Gasteiger partial charge is 0.465 e. The molecule has 0 aliphatic heterocycles. The van der Waals surface area contributed by atoms with Crippen molar-refractivity contribution in [2.45, 2.75) is 18.2 Å². The van der Waals surface area contributed by atoms with E-state index in [-0.39, 0.29) is 17.0 Å². The smallest absolute Gasteiger partial charge is 0.338 e. The standard InChI is InChI=1S/C24H22N2O4S2/c1-16-8-10-19(15-20(16)24(27)30-2)32(28,29)25-13-12-17-9-11-22-21(14-17)26-23(31-22)18-6-4-3-5-7-18/h3-11,14-15,25H,12-13H2,1-2H3. The minimum atomic E-state index is -3.76. The third-order valence-corrected chi connectivity index (χ3v) is 7.65. The minimum absolute atomic E-state index is 0.0333. The maximum atomic E-state index is 12.7. The van der Waals surface area contributed by atoms with Gasteiger partial charge in [-0.25, -0.2) is 22.9 Å².